The fourth-order valence-electron chi connectivity index (χ4n) is 3.61. The number of piperidine rings is 1. The van der Waals surface area contributed by atoms with Crippen molar-refractivity contribution in [2.45, 2.75) is 45.2 Å². The molecule has 4 heteroatoms. The van der Waals surface area contributed by atoms with Gasteiger partial charge < -0.3 is 10.1 Å². The number of benzene rings is 1. The molecular weight excluding hydrogens is 308 g/mol. The van der Waals surface area contributed by atoms with Gasteiger partial charge in [0.2, 0.25) is 0 Å². The number of ether oxygens (including phenoxy) is 1. The third-order valence-electron chi connectivity index (χ3n) is 5.38. The van der Waals surface area contributed by atoms with Crippen LogP contribution in [0, 0.1) is 11.8 Å². The van der Waals surface area contributed by atoms with Crippen molar-refractivity contribution in [3.8, 4) is 5.75 Å². The highest BCUT2D eigenvalue weighted by Gasteiger charge is 2.33. The predicted octanol–water partition coefficient (Wildman–Crippen LogP) is 3.72. The van der Waals surface area contributed by atoms with Crippen molar-refractivity contribution in [1.82, 2.24) is 10.2 Å². The second-order valence-electron chi connectivity index (χ2n) is 7.05. The van der Waals surface area contributed by atoms with Gasteiger partial charge in [-0.1, -0.05) is 12.1 Å². The summed E-state index contributed by atoms with van der Waals surface area (Å²) in [6, 6.07) is 9.32. The summed E-state index contributed by atoms with van der Waals surface area (Å²) in [7, 11) is 1.73. The van der Waals surface area contributed by atoms with Gasteiger partial charge in [-0.25, -0.2) is 0 Å². The van der Waals surface area contributed by atoms with Crippen LogP contribution in [-0.4, -0.2) is 37.7 Å². The average Bonchev–Trinajstić information content (AvgIpc) is 3.40. The van der Waals surface area contributed by atoms with Crippen molar-refractivity contribution >= 4 is 12.4 Å². The number of halogens is 1. The number of hydrogen-bond donors (Lipinski definition) is 1. The number of methoxy groups -OCH3 is 1. The first-order valence-corrected chi connectivity index (χ1v) is 8.84. The molecule has 130 valence electrons. The van der Waals surface area contributed by atoms with Crippen LogP contribution in [0.1, 0.15) is 38.2 Å². The standard InChI is InChI=1S/C19H30N2O.ClH/c1-15(18-5-6-18)21(14-17-9-11-20-12-10-17)13-16-3-7-19(22-2)8-4-16;/h3-4,7-8,15,17-18,20H,5-6,9-14H2,1-2H3;1H. The molecule has 0 spiro atoms. The normalized spacial score (nSPS) is 20.1. The Morgan fingerprint density at radius 1 is 1.13 bits per heavy atom. The number of hydrogen-bond acceptors (Lipinski definition) is 3. The van der Waals surface area contributed by atoms with E-state index >= 15 is 0 Å². The van der Waals surface area contributed by atoms with Gasteiger partial charge >= 0.3 is 0 Å². The first-order chi connectivity index (χ1) is 10.8. The zero-order chi connectivity index (χ0) is 15.4. The van der Waals surface area contributed by atoms with E-state index in [0.717, 1.165) is 30.2 Å². The molecule has 23 heavy (non-hydrogen) atoms. The molecule has 1 saturated carbocycles. The van der Waals surface area contributed by atoms with Crippen LogP contribution in [-0.2, 0) is 6.54 Å². The van der Waals surface area contributed by atoms with Crippen molar-refractivity contribution in [3.05, 3.63) is 29.8 Å². The minimum Gasteiger partial charge on any atom is -0.497 e. The van der Waals surface area contributed by atoms with E-state index < -0.39 is 0 Å². The Hall–Kier alpha value is -0.770. The maximum atomic E-state index is 5.27. The second kappa shape index (κ2) is 8.91. The lowest BCUT2D eigenvalue weighted by Crippen LogP contribution is -2.41. The zero-order valence-electron chi connectivity index (χ0n) is 14.5. The molecule has 0 aromatic heterocycles. The minimum atomic E-state index is 0. The largest absolute Gasteiger partial charge is 0.497 e. The summed E-state index contributed by atoms with van der Waals surface area (Å²) < 4.78 is 5.27. The average molecular weight is 339 g/mol. The van der Waals surface area contributed by atoms with Crippen molar-refractivity contribution in [1.29, 1.82) is 0 Å². The molecular formula is C19H31ClN2O. The van der Waals surface area contributed by atoms with E-state index in [1.165, 1.54) is 50.9 Å². The highest BCUT2D eigenvalue weighted by Crippen LogP contribution is 2.36. The summed E-state index contributed by atoms with van der Waals surface area (Å²) in [5, 5.41) is 3.48. The molecule has 1 unspecified atom stereocenters. The molecule has 2 fully saturated rings. The van der Waals surface area contributed by atoms with Crippen LogP contribution in [0.25, 0.3) is 0 Å². The smallest absolute Gasteiger partial charge is 0.118 e. The Morgan fingerprint density at radius 2 is 1.78 bits per heavy atom. The van der Waals surface area contributed by atoms with E-state index in [4.69, 9.17) is 4.74 Å². The van der Waals surface area contributed by atoms with Gasteiger partial charge in [-0.2, -0.15) is 0 Å². The maximum Gasteiger partial charge on any atom is 0.118 e. The summed E-state index contributed by atoms with van der Waals surface area (Å²) in [4.78, 5) is 2.73. The van der Waals surface area contributed by atoms with Crippen molar-refractivity contribution < 1.29 is 4.74 Å². The maximum absolute atomic E-state index is 5.27. The van der Waals surface area contributed by atoms with Gasteiger partial charge in [0.25, 0.3) is 0 Å². The van der Waals surface area contributed by atoms with E-state index in [0.29, 0.717) is 0 Å². The molecule has 1 aromatic carbocycles. The predicted molar refractivity (Wildman–Crippen MR) is 98.4 cm³/mol. The molecule has 0 bridgehead atoms. The molecule has 0 amide bonds. The van der Waals surface area contributed by atoms with E-state index in [-0.39, 0.29) is 12.4 Å². The Kier molecular flexibility index (Phi) is 7.19. The summed E-state index contributed by atoms with van der Waals surface area (Å²) in [6.07, 6.45) is 5.51. The lowest BCUT2D eigenvalue weighted by molar-refractivity contribution is 0.139. The quantitative estimate of drug-likeness (QED) is 0.820. The SMILES string of the molecule is COc1ccc(CN(CC2CCNCC2)C(C)C2CC2)cc1.Cl. The summed E-state index contributed by atoms with van der Waals surface area (Å²) in [5.41, 5.74) is 1.40. The van der Waals surface area contributed by atoms with Crippen LogP contribution in [0.4, 0.5) is 0 Å². The highest BCUT2D eigenvalue weighted by atomic mass is 35.5. The van der Waals surface area contributed by atoms with Gasteiger partial charge in [-0.15, -0.1) is 12.4 Å². The minimum absolute atomic E-state index is 0. The lowest BCUT2D eigenvalue weighted by atomic mass is 9.96. The fraction of sp³-hybridized carbons (Fsp3) is 0.684. The Balaban J connectivity index is 0.00000192. The molecule has 1 atom stereocenters. The van der Waals surface area contributed by atoms with E-state index in [1.807, 2.05) is 0 Å². The fourth-order valence-corrected chi connectivity index (χ4v) is 3.61. The molecule has 0 radical (unpaired) electrons. The van der Waals surface area contributed by atoms with Crippen LogP contribution in [0.5, 0.6) is 5.75 Å². The van der Waals surface area contributed by atoms with E-state index in [9.17, 15) is 0 Å². The summed E-state index contributed by atoms with van der Waals surface area (Å²) >= 11 is 0. The van der Waals surface area contributed by atoms with Crippen molar-refractivity contribution in [2.75, 3.05) is 26.7 Å². The highest BCUT2D eigenvalue weighted by molar-refractivity contribution is 5.85. The van der Waals surface area contributed by atoms with Crippen LogP contribution in [0.3, 0.4) is 0 Å². The number of rotatable bonds is 7. The molecule has 3 rings (SSSR count). The molecule has 1 heterocycles. The molecule has 1 saturated heterocycles. The lowest BCUT2D eigenvalue weighted by Gasteiger charge is -2.34. The van der Waals surface area contributed by atoms with Crippen molar-refractivity contribution in [2.24, 2.45) is 11.8 Å². The second-order valence-corrected chi connectivity index (χ2v) is 7.05. The first kappa shape index (κ1) is 18.6. The van der Waals surface area contributed by atoms with Gasteiger partial charge in [-0.05, 0) is 75.2 Å². The first-order valence-electron chi connectivity index (χ1n) is 8.84. The Labute approximate surface area is 147 Å². The van der Waals surface area contributed by atoms with Crippen molar-refractivity contribution in [3.63, 3.8) is 0 Å². The van der Waals surface area contributed by atoms with Crippen LogP contribution >= 0.6 is 12.4 Å². The van der Waals surface area contributed by atoms with Gasteiger partial charge in [0.15, 0.2) is 0 Å². The molecule has 1 N–H and O–H groups in total. The van der Waals surface area contributed by atoms with Crippen LogP contribution in [0.2, 0.25) is 0 Å². The van der Waals surface area contributed by atoms with E-state index in [2.05, 4.69) is 41.4 Å². The molecule has 1 aromatic rings. The van der Waals surface area contributed by atoms with Gasteiger partial charge in [0.1, 0.15) is 5.75 Å². The molecule has 3 nitrogen and oxygen atoms in total. The number of nitrogens with one attached hydrogen (secondary N) is 1. The molecule has 1 aliphatic carbocycles. The Morgan fingerprint density at radius 3 is 2.35 bits per heavy atom. The van der Waals surface area contributed by atoms with E-state index in [1.54, 1.807) is 7.11 Å². The number of nitrogens with zero attached hydrogens (tertiary/aromatic N) is 1. The van der Waals surface area contributed by atoms with Gasteiger partial charge in [0.05, 0.1) is 7.11 Å². The Bertz CT molecular complexity index is 455. The third kappa shape index (κ3) is 5.37. The monoisotopic (exact) mass is 338 g/mol. The summed E-state index contributed by atoms with van der Waals surface area (Å²) in [5.74, 6) is 2.74. The molecule has 2 aliphatic rings. The summed E-state index contributed by atoms with van der Waals surface area (Å²) in [6.45, 7) is 7.15. The zero-order valence-corrected chi connectivity index (χ0v) is 15.3. The van der Waals surface area contributed by atoms with Crippen LogP contribution < -0.4 is 10.1 Å². The van der Waals surface area contributed by atoms with Crippen LogP contribution in [0.15, 0.2) is 24.3 Å². The third-order valence-corrected chi connectivity index (χ3v) is 5.38. The van der Waals surface area contributed by atoms with Gasteiger partial charge in [-0.3, -0.25) is 4.90 Å². The van der Waals surface area contributed by atoms with Gasteiger partial charge in [0, 0.05) is 19.1 Å². The molecule has 1 aliphatic heterocycles. The topological polar surface area (TPSA) is 24.5 Å².